The molecule has 1 fully saturated rings. The van der Waals surface area contributed by atoms with E-state index in [1.807, 2.05) is 0 Å². The van der Waals surface area contributed by atoms with Gasteiger partial charge in [0.05, 0.1) is 12.5 Å². The minimum atomic E-state index is -4.13. The maximum absolute atomic E-state index is 12.9. The quantitative estimate of drug-likeness (QED) is 0.933. The zero-order chi connectivity index (χ0) is 14.9. The SMILES string of the molecule is FC(F)(F)C1CCc2nnc(CNC3CCCCC3)n2C1. The van der Waals surface area contributed by atoms with E-state index in [2.05, 4.69) is 15.5 Å². The van der Waals surface area contributed by atoms with Gasteiger partial charge in [0.2, 0.25) is 0 Å². The van der Waals surface area contributed by atoms with Crippen molar-refractivity contribution < 1.29 is 13.2 Å². The lowest BCUT2D eigenvalue weighted by Gasteiger charge is -2.27. The van der Waals surface area contributed by atoms with E-state index in [9.17, 15) is 13.2 Å². The number of rotatable bonds is 3. The van der Waals surface area contributed by atoms with Crippen molar-refractivity contribution in [3.8, 4) is 0 Å². The Morgan fingerprint density at radius 3 is 2.57 bits per heavy atom. The normalized spacial score (nSPS) is 24.0. The third kappa shape index (κ3) is 3.39. The summed E-state index contributed by atoms with van der Waals surface area (Å²) in [6.07, 6.45) is 2.38. The molecule has 0 bridgehead atoms. The number of hydrogen-bond donors (Lipinski definition) is 1. The summed E-state index contributed by atoms with van der Waals surface area (Å²) in [5.41, 5.74) is 0. The Morgan fingerprint density at radius 1 is 1.10 bits per heavy atom. The van der Waals surface area contributed by atoms with Gasteiger partial charge in [0.1, 0.15) is 11.6 Å². The molecule has 4 nitrogen and oxygen atoms in total. The molecule has 1 aromatic rings. The minimum absolute atomic E-state index is 0.0342. The molecule has 2 aliphatic rings. The highest BCUT2D eigenvalue weighted by Crippen LogP contribution is 2.34. The topological polar surface area (TPSA) is 42.7 Å². The van der Waals surface area contributed by atoms with Crippen molar-refractivity contribution in [1.29, 1.82) is 0 Å². The third-order valence-corrected chi connectivity index (χ3v) is 4.64. The van der Waals surface area contributed by atoms with Crippen LogP contribution in [0.15, 0.2) is 0 Å². The Bertz CT molecular complexity index is 477. The van der Waals surface area contributed by atoms with Crippen molar-refractivity contribution in [3.05, 3.63) is 11.6 Å². The van der Waals surface area contributed by atoms with Crippen LogP contribution in [0.25, 0.3) is 0 Å². The van der Waals surface area contributed by atoms with E-state index in [1.54, 1.807) is 4.57 Å². The first kappa shape index (κ1) is 14.8. The number of aromatic nitrogens is 3. The number of hydrogen-bond acceptors (Lipinski definition) is 3. The van der Waals surface area contributed by atoms with Gasteiger partial charge in [0, 0.05) is 19.0 Å². The van der Waals surface area contributed by atoms with Crippen molar-refractivity contribution in [1.82, 2.24) is 20.1 Å². The molecular formula is C14H21F3N4. The second-order valence-corrected chi connectivity index (χ2v) is 6.14. The van der Waals surface area contributed by atoms with E-state index in [-0.39, 0.29) is 13.0 Å². The molecule has 0 radical (unpaired) electrons. The molecule has 1 aliphatic heterocycles. The summed E-state index contributed by atoms with van der Waals surface area (Å²) >= 11 is 0. The van der Waals surface area contributed by atoms with Crippen molar-refractivity contribution in [3.63, 3.8) is 0 Å². The second kappa shape index (κ2) is 5.94. The molecule has 0 aromatic carbocycles. The first-order valence-corrected chi connectivity index (χ1v) is 7.75. The summed E-state index contributed by atoms with van der Waals surface area (Å²) < 4.78 is 40.3. The molecule has 118 valence electrons. The van der Waals surface area contributed by atoms with Crippen LogP contribution < -0.4 is 5.32 Å². The number of nitrogens with one attached hydrogen (secondary N) is 1. The van der Waals surface area contributed by atoms with Gasteiger partial charge in [-0.1, -0.05) is 19.3 Å². The summed E-state index contributed by atoms with van der Waals surface area (Å²) in [7, 11) is 0. The minimum Gasteiger partial charge on any atom is -0.313 e. The smallest absolute Gasteiger partial charge is 0.313 e. The fourth-order valence-corrected chi connectivity index (χ4v) is 3.32. The highest BCUT2D eigenvalue weighted by atomic mass is 19.4. The van der Waals surface area contributed by atoms with Gasteiger partial charge in [-0.3, -0.25) is 0 Å². The summed E-state index contributed by atoms with van der Waals surface area (Å²) in [6.45, 7) is 0.482. The van der Waals surface area contributed by atoms with Crippen LogP contribution in [0, 0.1) is 5.92 Å². The Kier molecular flexibility index (Phi) is 4.19. The molecule has 1 aromatic heterocycles. The number of aryl methyl sites for hydroxylation is 1. The van der Waals surface area contributed by atoms with Crippen LogP contribution in [-0.2, 0) is 19.5 Å². The summed E-state index contributed by atoms with van der Waals surface area (Å²) in [6, 6.07) is 0.466. The van der Waals surface area contributed by atoms with Gasteiger partial charge in [-0.05, 0) is 19.3 Å². The fourth-order valence-electron chi connectivity index (χ4n) is 3.32. The zero-order valence-electron chi connectivity index (χ0n) is 12.0. The summed E-state index contributed by atoms with van der Waals surface area (Å²) in [4.78, 5) is 0. The molecule has 3 rings (SSSR count). The van der Waals surface area contributed by atoms with E-state index >= 15 is 0 Å². The van der Waals surface area contributed by atoms with Crippen LogP contribution in [0.5, 0.6) is 0 Å². The van der Waals surface area contributed by atoms with Crippen LogP contribution in [-0.4, -0.2) is 27.0 Å². The van der Waals surface area contributed by atoms with Crippen LogP contribution >= 0.6 is 0 Å². The molecule has 0 amide bonds. The lowest BCUT2D eigenvalue weighted by atomic mass is 9.95. The van der Waals surface area contributed by atoms with Gasteiger partial charge < -0.3 is 9.88 Å². The molecule has 0 spiro atoms. The number of nitrogens with zero attached hydrogens (tertiary/aromatic N) is 3. The largest absolute Gasteiger partial charge is 0.393 e. The lowest BCUT2D eigenvalue weighted by molar-refractivity contribution is -0.182. The van der Waals surface area contributed by atoms with Gasteiger partial charge in [-0.15, -0.1) is 10.2 Å². The van der Waals surface area contributed by atoms with Crippen molar-refractivity contribution in [2.45, 2.75) is 70.3 Å². The van der Waals surface area contributed by atoms with Crippen LogP contribution in [0.3, 0.4) is 0 Å². The highest BCUT2D eigenvalue weighted by Gasteiger charge is 2.42. The molecule has 2 heterocycles. The Hall–Kier alpha value is -1.11. The van der Waals surface area contributed by atoms with Crippen molar-refractivity contribution >= 4 is 0 Å². The third-order valence-electron chi connectivity index (χ3n) is 4.64. The van der Waals surface area contributed by atoms with E-state index in [0.29, 0.717) is 30.7 Å². The highest BCUT2D eigenvalue weighted by molar-refractivity contribution is 5.01. The monoisotopic (exact) mass is 302 g/mol. The predicted molar refractivity (Wildman–Crippen MR) is 71.6 cm³/mol. The molecule has 1 aliphatic carbocycles. The molecule has 1 unspecified atom stereocenters. The first-order chi connectivity index (χ1) is 10.0. The maximum atomic E-state index is 12.9. The molecule has 7 heteroatoms. The number of alkyl halides is 3. The van der Waals surface area contributed by atoms with Crippen molar-refractivity contribution in [2.24, 2.45) is 5.92 Å². The van der Waals surface area contributed by atoms with Gasteiger partial charge in [0.15, 0.2) is 0 Å². The van der Waals surface area contributed by atoms with Crippen LogP contribution in [0.4, 0.5) is 13.2 Å². The first-order valence-electron chi connectivity index (χ1n) is 7.75. The standard InChI is InChI=1S/C14H21F3N4/c15-14(16,17)10-6-7-12-19-20-13(21(12)9-10)8-18-11-4-2-1-3-5-11/h10-11,18H,1-9H2. The fraction of sp³-hybridized carbons (Fsp3) is 0.857. The Balaban J connectivity index is 1.64. The molecular weight excluding hydrogens is 281 g/mol. The second-order valence-electron chi connectivity index (χ2n) is 6.14. The average Bonchev–Trinajstić information content (AvgIpc) is 2.87. The van der Waals surface area contributed by atoms with E-state index in [4.69, 9.17) is 0 Å². The molecule has 1 saturated carbocycles. The number of halogens is 3. The summed E-state index contributed by atoms with van der Waals surface area (Å²) in [5, 5.41) is 11.5. The Morgan fingerprint density at radius 2 is 1.86 bits per heavy atom. The van der Waals surface area contributed by atoms with Gasteiger partial charge in [-0.2, -0.15) is 13.2 Å². The summed E-state index contributed by atoms with van der Waals surface area (Å²) in [5.74, 6) is 0.0647. The maximum Gasteiger partial charge on any atom is 0.393 e. The predicted octanol–water partition coefficient (Wildman–Crippen LogP) is 2.83. The molecule has 21 heavy (non-hydrogen) atoms. The number of fused-ring (bicyclic) bond motifs is 1. The zero-order valence-corrected chi connectivity index (χ0v) is 12.0. The van der Waals surface area contributed by atoms with Crippen LogP contribution in [0.1, 0.15) is 50.2 Å². The van der Waals surface area contributed by atoms with Crippen molar-refractivity contribution in [2.75, 3.05) is 0 Å². The molecule has 1 N–H and O–H groups in total. The average molecular weight is 302 g/mol. The lowest BCUT2D eigenvalue weighted by Crippen LogP contribution is -2.35. The van der Waals surface area contributed by atoms with Gasteiger partial charge in [-0.25, -0.2) is 0 Å². The van der Waals surface area contributed by atoms with E-state index < -0.39 is 12.1 Å². The molecule has 0 saturated heterocycles. The van der Waals surface area contributed by atoms with Crippen LogP contribution in [0.2, 0.25) is 0 Å². The molecule has 1 atom stereocenters. The van der Waals surface area contributed by atoms with E-state index in [1.165, 1.54) is 19.3 Å². The van der Waals surface area contributed by atoms with Gasteiger partial charge >= 0.3 is 6.18 Å². The van der Waals surface area contributed by atoms with Gasteiger partial charge in [0.25, 0.3) is 0 Å². The Labute approximate surface area is 122 Å². The van der Waals surface area contributed by atoms with E-state index in [0.717, 1.165) is 12.8 Å².